The normalized spacial score (nSPS) is 21.9. The molecule has 2 heterocycles. The smallest absolute Gasteiger partial charge is 0.339 e. The maximum atomic E-state index is 13.4. The number of rotatable bonds is 4. The number of amides is 1. The molecule has 31 heavy (non-hydrogen) atoms. The molecule has 0 aliphatic carbocycles. The largest absolute Gasteiger partial charge is 0.468 e. The van der Waals surface area contributed by atoms with Gasteiger partial charge in [0, 0.05) is 5.69 Å². The van der Waals surface area contributed by atoms with E-state index < -0.39 is 35.1 Å². The van der Waals surface area contributed by atoms with Crippen LogP contribution in [0.5, 0.6) is 0 Å². The summed E-state index contributed by atoms with van der Waals surface area (Å²) in [7, 11) is 1.15. The summed E-state index contributed by atoms with van der Waals surface area (Å²) in [6.07, 6.45) is 0. The Bertz CT molecular complexity index is 1120. The molecule has 0 bridgehead atoms. The van der Waals surface area contributed by atoms with E-state index in [9.17, 15) is 14.4 Å². The third kappa shape index (κ3) is 3.07. The van der Waals surface area contributed by atoms with E-state index in [1.54, 1.807) is 36.4 Å². The Labute approximate surface area is 178 Å². The lowest BCUT2D eigenvalue weighted by molar-refractivity contribution is -0.149. The van der Waals surface area contributed by atoms with E-state index >= 15 is 0 Å². The van der Waals surface area contributed by atoms with Crippen molar-refractivity contribution in [2.45, 2.75) is 18.9 Å². The summed E-state index contributed by atoms with van der Waals surface area (Å²) >= 11 is 0. The molecule has 0 saturated heterocycles. The minimum absolute atomic E-state index is 0.0232. The Morgan fingerprint density at radius 2 is 1.81 bits per heavy atom. The van der Waals surface area contributed by atoms with Gasteiger partial charge in [0.1, 0.15) is 17.8 Å². The fraction of sp³-hybridized carbons (Fsp3) is 0.217. The zero-order valence-corrected chi connectivity index (χ0v) is 16.9. The number of carbonyl (C=O) groups is 3. The van der Waals surface area contributed by atoms with Gasteiger partial charge in [-0.2, -0.15) is 0 Å². The number of carbonyl (C=O) groups excluding carboxylic acids is 3. The molecule has 0 fully saturated rings. The van der Waals surface area contributed by atoms with Gasteiger partial charge in [0.2, 0.25) is 11.8 Å². The average Bonchev–Trinajstić information content (AvgIpc) is 3.04. The van der Waals surface area contributed by atoms with Crippen molar-refractivity contribution in [3.63, 3.8) is 0 Å². The van der Waals surface area contributed by atoms with Crippen molar-refractivity contribution in [3.05, 3.63) is 77.1 Å². The number of allylic oxidation sites excluding steroid dienone is 1. The summed E-state index contributed by atoms with van der Waals surface area (Å²) in [5, 5.41) is 11.0. The summed E-state index contributed by atoms with van der Waals surface area (Å²) in [5.41, 5.74) is -0.380. The monoisotopic (exact) mass is 420 g/mol. The number of methoxy groups -OCH3 is 1. The first-order valence-corrected chi connectivity index (χ1v) is 9.58. The molecular formula is C23H20N2O6. The summed E-state index contributed by atoms with van der Waals surface area (Å²) in [5.74, 6) is -4.23. The third-order valence-electron chi connectivity index (χ3n) is 5.52. The summed E-state index contributed by atoms with van der Waals surface area (Å²) in [4.78, 5) is 39.5. The van der Waals surface area contributed by atoms with Gasteiger partial charge < -0.3 is 19.5 Å². The van der Waals surface area contributed by atoms with Crippen LogP contribution in [-0.2, 0) is 40.6 Å². The van der Waals surface area contributed by atoms with E-state index in [-0.39, 0.29) is 17.9 Å². The van der Waals surface area contributed by atoms with Crippen LogP contribution >= 0.6 is 0 Å². The molecule has 8 nitrogen and oxygen atoms in total. The van der Waals surface area contributed by atoms with Gasteiger partial charge in [-0.05, 0) is 24.1 Å². The molecule has 2 aliphatic rings. The van der Waals surface area contributed by atoms with E-state index in [2.05, 4.69) is 5.32 Å². The highest BCUT2D eigenvalue weighted by Gasteiger charge is 2.65. The average molecular weight is 420 g/mol. The van der Waals surface area contributed by atoms with Crippen LogP contribution in [0.25, 0.3) is 0 Å². The minimum Gasteiger partial charge on any atom is -0.468 e. The van der Waals surface area contributed by atoms with E-state index in [0.29, 0.717) is 11.3 Å². The lowest BCUT2D eigenvalue weighted by Gasteiger charge is -2.39. The van der Waals surface area contributed by atoms with Crippen LogP contribution in [0.1, 0.15) is 18.1 Å². The molecule has 2 aromatic carbocycles. The molecule has 2 aliphatic heterocycles. The van der Waals surface area contributed by atoms with Crippen molar-refractivity contribution in [1.82, 2.24) is 0 Å². The highest BCUT2D eigenvalue weighted by molar-refractivity contribution is 6.21. The third-order valence-corrected chi connectivity index (χ3v) is 5.52. The molecular weight excluding hydrogens is 400 g/mol. The SMILES string of the molecule is COC(=O)C1C(=N)OC(C)=C(C(=O)OCc2ccccc2)C12C(=O)Nc1ccccc12. The molecule has 1 spiro atoms. The van der Waals surface area contributed by atoms with Crippen LogP contribution in [-0.4, -0.2) is 30.9 Å². The molecule has 2 atom stereocenters. The predicted molar refractivity (Wildman–Crippen MR) is 110 cm³/mol. The van der Waals surface area contributed by atoms with Crippen LogP contribution in [0.15, 0.2) is 65.9 Å². The van der Waals surface area contributed by atoms with Crippen molar-refractivity contribution >= 4 is 29.4 Å². The van der Waals surface area contributed by atoms with Crippen molar-refractivity contribution in [2.24, 2.45) is 5.92 Å². The molecule has 0 aromatic heterocycles. The first kappa shape index (κ1) is 20.3. The molecule has 1 amide bonds. The minimum atomic E-state index is -1.84. The number of fused-ring (bicyclic) bond motifs is 2. The van der Waals surface area contributed by atoms with E-state index in [0.717, 1.165) is 12.7 Å². The van der Waals surface area contributed by atoms with Gasteiger partial charge in [-0.3, -0.25) is 15.0 Å². The highest BCUT2D eigenvalue weighted by Crippen LogP contribution is 2.52. The van der Waals surface area contributed by atoms with E-state index in [1.807, 2.05) is 18.2 Å². The fourth-order valence-corrected chi connectivity index (χ4v) is 4.21. The first-order valence-electron chi connectivity index (χ1n) is 9.58. The Kier molecular flexibility index (Phi) is 5.06. The topological polar surface area (TPSA) is 115 Å². The van der Waals surface area contributed by atoms with Gasteiger partial charge in [0.05, 0.1) is 12.7 Å². The molecule has 4 rings (SSSR count). The van der Waals surface area contributed by atoms with Gasteiger partial charge >= 0.3 is 11.9 Å². The molecule has 8 heteroatoms. The van der Waals surface area contributed by atoms with Crippen molar-refractivity contribution < 1.29 is 28.6 Å². The van der Waals surface area contributed by atoms with Gasteiger partial charge in [-0.25, -0.2) is 4.79 Å². The number of anilines is 1. The number of nitrogens with one attached hydrogen (secondary N) is 2. The van der Waals surface area contributed by atoms with Crippen LogP contribution in [0, 0.1) is 11.3 Å². The zero-order valence-electron chi connectivity index (χ0n) is 16.9. The van der Waals surface area contributed by atoms with E-state index in [4.69, 9.17) is 19.6 Å². The lowest BCUT2D eigenvalue weighted by Crippen LogP contribution is -2.55. The Balaban J connectivity index is 1.86. The standard InChI is InChI=1S/C23H20N2O6/c1-13-17(21(27)30-12-14-8-4-3-5-9-14)23(18(19(24)31-13)20(26)29-2)15-10-6-7-11-16(15)25-22(23)28/h3-11,18,24H,12H2,1-2H3,(H,25,28). The van der Waals surface area contributed by atoms with Crippen LogP contribution < -0.4 is 5.32 Å². The quantitative estimate of drug-likeness (QED) is 0.735. The van der Waals surface area contributed by atoms with E-state index in [1.165, 1.54) is 6.92 Å². The highest BCUT2D eigenvalue weighted by atomic mass is 16.5. The van der Waals surface area contributed by atoms with Gasteiger partial charge in [-0.1, -0.05) is 48.5 Å². The predicted octanol–water partition coefficient (Wildman–Crippen LogP) is 2.69. The Morgan fingerprint density at radius 1 is 1.13 bits per heavy atom. The van der Waals surface area contributed by atoms with Crippen LogP contribution in [0.2, 0.25) is 0 Å². The molecule has 2 aromatic rings. The van der Waals surface area contributed by atoms with Crippen LogP contribution in [0.4, 0.5) is 5.69 Å². The molecule has 0 radical (unpaired) electrons. The number of hydrogen-bond acceptors (Lipinski definition) is 7. The van der Waals surface area contributed by atoms with Gasteiger partial charge in [0.15, 0.2) is 5.92 Å². The maximum absolute atomic E-state index is 13.4. The number of benzene rings is 2. The number of hydrogen-bond donors (Lipinski definition) is 2. The second kappa shape index (κ2) is 7.71. The van der Waals surface area contributed by atoms with Crippen molar-refractivity contribution in [2.75, 3.05) is 12.4 Å². The number of para-hydroxylation sites is 1. The summed E-state index contributed by atoms with van der Waals surface area (Å²) < 4.78 is 15.8. The Morgan fingerprint density at radius 3 is 2.52 bits per heavy atom. The number of esters is 2. The summed E-state index contributed by atoms with van der Waals surface area (Å²) in [6, 6.07) is 15.8. The van der Waals surface area contributed by atoms with Crippen molar-refractivity contribution in [1.29, 1.82) is 5.41 Å². The van der Waals surface area contributed by atoms with Crippen molar-refractivity contribution in [3.8, 4) is 0 Å². The molecule has 2 unspecified atom stereocenters. The second-order valence-corrected chi connectivity index (χ2v) is 7.22. The molecule has 2 N–H and O–H groups in total. The number of ether oxygens (including phenoxy) is 3. The first-order chi connectivity index (χ1) is 14.9. The molecule has 0 saturated carbocycles. The fourth-order valence-electron chi connectivity index (χ4n) is 4.21. The Hall–Kier alpha value is -3.94. The van der Waals surface area contributed by atoms with Gasteiger partial charge in [0.25, 0.3) is 0 Å². The summed E-state index contributed by atoms with van der Waals surface area (Å²) in [6.45, 7) is 1.44. The second-order valence-electron chi connectivity index (χ2n) is 7.22. The molecule has 158 valence electrons. The lowest BCUT2D eigenvalue weighted by atomic mass is 9.64. The van der Waals surface area contributed by atoms with Gasteiger partial charge in [-0.15, -0.1) is 0 Å². The zero-order chi connectivity index (χ0) is 22.2. The van der Waals surface area contributed by atoms with Crippen LogP contribution in [0.3, 0.4) is 0 Å². The maximum Gasteiger partial charge on any atom is 0.339 e.